The molecule has 116 valence electrons. The fourth-order valence-corrected chi connectivity index (χ4v) is 2.75. The maximum atomic E-state index is 4.37. The molecule has 0 aromatic heterocycles. The average Bonchev–Trinajstić information content (AvgIpc) is 3.07. The minimum absolute atomic E-state index is 0. The van der Waals surface area contributed by atoms with Crippen LogP contribution < -0.4 is 10.6 Å². The fraction of sp³-hybridized carbons (Fsp3) is 0.278. The lowest BCUT2D eigenvalue weighted by Crippen LogP contribution is -2.34. The summed E-state index contributed by atoms with van der Waals surface area (Å²) in [7, 11) is 0. The van der Waals surface area contributed by atoms with Gasteiger partial charge in [-0.2, -0.15) is 0 Å². The number of guanidine groups is 1. The average molecular weight is 316 g/mol. The van der Waals surface area contributed by atoms with E-state index in [1.54, 1.807) is 0 Å². The van der Waals surface area contributed by atoms with Crippen LogP contribution in [-0.4, -0.2) is 25.6 Å². The van der Waals surface area contributed by atoms with Gasteiger partial charge in [0.25, 0.3) is 0 Å². The summed E-state index contributed by atoms with van der Waals surface area (Å²) in [5.41, 5.74) is 2.73. The molecular weight excluding hydrogens is 294 g/mol. The molecule has 1 heterocycles. The summed E-state index contributed by atoms with van der Waals surface area (Å²) in [6, 6.07) is 21.4. The monoisotopic (exact) mass is 315 g/mol. The smallest absolute Gasteiger partial charge is 0.191 e. The molecule has 0 amide bonds. The topological polar surface area (TPSA) is 36.4 Å². The summed E-state index contributed by atoms with van der Waals surface area (Å²) in [5.74, 6) is 1.36. The molecule has 1 aliphatic rings. The van der Waals surface area contributed by atoms with Crippen molar-refractivity contribution < 1.29 is 0 Å². The quantitative estimate of drug-likeness (QED) is 0.889. The maximum absolute atomic E-state index is 4.37. The molecule has 0 fully saturated rings. The number of nitrogens with zero attached hydrogens (tertiary/aromatic N) is 1. The highest BCUT2D eigenvalue weighted by atomic mass is 35.5. The fourth-order valence-electron chi connectivity index (χ4n) is 2.75. The number of aliphatic imine (C=N–C) groups is 1. The van der Waals surface area contributed by atoms with Crippen LogP contribution in [0, 0.1) is 0 Å². The lowest BCUT2D eigenvalue weighted by atomic mass is 9.88. The Hall–Kier alpha value is -2.00. The predicted octanol–water partition coefficient (Wildman–Crippen LogP) is 3.18. The van der Waals surface area contributed by atoms with E-state index in [0.717, 1.165) is 32.0 Å². The Morgan fingerprint density at radius 2 is 1.55 bits per heavy atom. The minimum atomic E-state index is 0. The second-order valence-corrected chi connectivity index (χ2v) is 5.25. The molecule has 3 nitrogen and oxygen atoms in total. The van der Waals surface area contributed by atoms with Gasteiger partial charge in [0.15, 0.2) is 5.96 Å². The molecule has 4 heteroatoms. The van der Waals surface area contributed by atoms with Gasteiger partial charge in [-0.1, -0.05) is 60.7 Å². The van der Waals surface area contributed by atoms with Gasteiger partial charge in [-0.15, -0.1) is 12.4 Å². The molecule has 3 rings (SSSR count). The first-order valence-corrected chi connectivity index (χ1v) is 7.55. The summed E-state index contributed by atoms with van der Waals surface area (Å²) >= 11 is 0. The third kappa shape index (κ3) is 4.25. The third-order valence-electron chi connectivity index (χ3n) is 3.80. The second-order valence-electron chi connectivity index (χ2n) is 5.25. The van der Waals surface area contributed by atoms with E-state index in [1.165, 1.54) is 11.1 Å². The van der Waals surface area contributed by atoms with E-state index < -0.39 is 0 Å². The van der Waals surface area contributed by atoms with Crippen molar-refractivity contribution in [3.63, 3.8) is 0 Å². The van der Waals surface area contributed by atoms with Crippen LogP contribution in [0.2, 0.25) is 0 Å². The van der Waals surface area contributed by atoms with Crippen LogP contribution in [0.4, 0.5) is 0 Å². The first-order valence-electron chi connectivity index (χ1n) is 7.55. The number of rotatable bonds is 5. The van der Waals surface area contributed by atoms with Crippen LogP contribution in [0.1, 0.15) is 23.5 Å². The molecule has 0 spiro atoms. The van der Waals surface area contributed by atoms with Gasteiger partial charge in [0.1, 0.15) is 0 Å². The first-order chi connectivity index (χ1) is 10.4. The molecule has 0 radical (unpaired) electrons. The van der Waals surface area contributed by atoms with Gasteiger partial charge >= 0.3 is 0 Å². The molecule has 0 aliphatic carbocycles. The van der Waals surface area contributed by atoms with E-state index in [0.29, 0.717) is 5.92 Å². The zero-order valence-electron chi connectivity index (χ0n) is 12.5. The lowest BCUT2D eigenvalue weighted by Gasteiger charge is -2.18. The number of hydrogen-bond acceptors (Lipinski definition) is 3. The van der Waals surface area contributed by atoms with Crippen molar-refractivity contribution in [1.29, 1.82) is 0 Å². The Morgan fingerprint density at radius 3 is 2.05 bits per heavy atom. The van der Waals surface area contributed by atoms with E-state index in [-0.39, 0.29) is 12.4 Å². The summed E-state index contributed by atoms with van der Waals surface area (Å²) in [5, 5.41) is 6.64. The van der Waals surface area contributed by atoms with Crippen molar-refractivity contribution in [1.82, 2.24) is 10.6 Å². The Balaban J connectivity index is 0.00000176. The second kappa shape index (κ2) is 8.44. The van der Waals surface area contributed by atoms with Gasteiger partial charge in [0, 0.05) is 19.0 Å². The Bertz CT molecular complexity index is 544. The van der Waals surface area contributed by atoms with E-state index in [4.69, 9.17) is 0 Å². The Morgan fingerprint density at radius 1 is 0.955 bits per heavy atom. The highest BCUT2D eigenvalue weighted by Gasteiger charge is 2.14. The van der Waals surface area contributed by atoms with Gasteiger partial charge < -0.3 is 10.6 Å². The molecule has 0 unspecified atom stereocenters. The van der Waals surface area contributed by atoms with E-state index >= 15 is 0 Å². The zero-order valence-corrected chi connectivity index (χ0v) is 13.4. The lowest BCUT2D eigenvalue weighted by molar-refractivity contribution is 0.686. The van der Waals surface area contributed by atoms with Crippen molar-refractivity contribution in [3.05, 3.63) is 71.8 Å². The summed E-state index contributed by atoms with van der Waals surface area (Å²) in [4.78, 5) is 4.37. The van der Waals surface area contributed by atoms with E-state index in [2.05, 4.69) is 76.3 Å². The molecule has 0 bridgehead atoms. The zero-order chi connectivity index (χ0) is 14.3. The van der Waals surface area contributed by atoms with Crippen molar-refractivity contribution >= 4 is 18.4 Å². The SMILES string of the molecule is Cl.c1ccc(C(CCNC2=NCCN2)c2ccccc2)cc1. The largest absolute Gasteiger partial charge is 0.356 e. The van der Waals surface area contributed by atoms with Crippen LogP contribution in [0.5, 0.6) is 0 Å². The molecule has 2 aromatic rings. The molecule has 1 aliphatic heterocycles. The van der Waals surface area contributed by atoms with E-state index in [1.807, 2.05) is 0 Å². The third-order valence-corrected chi connectivity index (χ3v) is 3.80. The van der Waals surface area contributed by atoms with Gasteiger partial charge in [0.2, 0.25) is 0 Å². The van der Waals surface area contributed by atoms with Crippen molar-refractivity contribution in [2.45, 2.75) is 12.3 Å². The van der Waals surface area contributed by atoms with Gasteiger partial charge in [0.05, 0.1) is 6.54 Å². The highest BCUT2D eigenvalue weighted by molar-refractivity contribution is 5.85. The van der Waals surface area contributed by atoms with Crippen LogP contribution in [0.15, 0.2) is 65.7 Å². The Kier molecular flexibility index (Phi) is 6.28. The minimum Gasteiger partial charge on any atom is -0.356 e. The van der Waals surface area contributed by atoms with Gasteiger partial charge in [-0.05, 0) is 17.5 Å². The van der Waals surface area contributed by atoms with Crippen molar-refractivity contribution in [2.24, 2.45) is 4.99 Å². The maximum Gasteiger partial charge on any atom is 0.191 e. The molecule has 0 atom stereocenters. The standard InChI is InChI=1S/C18H21N3.ClH/c1-3-7-15(8-4-1)17(16-9-5-2-6-10-16)11-12-19-18-20-13-14-21-18;/h1-10,17H,11-14H2,(H2,19,20,21);1H. The summed E-state index contributed by atoms with van der Waals surface area (Å²) in [6.45, 7) is 2.74. The van der Waals surface area contributed by atoms with Gasteiger partial charge in [-0.25, -0.2) is 0 Å². The summed E-state index contributed by atoms with van der Waals surface area (Å²) in [6.07, 6.45) is 1.05. The van der Waals surface area contributed by atoms with Crippen LogP contribution >= 0.6 is 12.4 Å². The number of hydrogen-bond donors (Lipinski definition) is 2. The van der Waals surface area contributed by atoms with Crippen LogP contribution in [0.3, 0.4) is 0 Å². The molecule has 2 aromatic carbocycles. The van der Waals surface area contributed by atoms with Crippen molar-refractivity contribution in [3.8, 4) is 0 Å². The van der Waals surface area contributed by atoms with Gasteiger partial charge in [-0.3, -0.25) is 4.99 Å². The first kappa shape index (κ1) is 16.4. The number of benzene rings is 2. The summed E-state index contributed by atoms with van der Waals surface area (Å²) < 4.78 is 0. The number of halogens is 1. The van der Waals surface area contributed by atoms with Crippen molar-refractivity contribution in [2.75, 3.05) is 19.6 Å². The molecule has 2 N–H and O–H groups in total. The molecular formula is C18H22ClN3. The number of nitrogens with one attached hydrogen (secondary N) is 2. The molecule has 22 heavy (non-hydrogen) atoms. The normalized spacial score (nSPS) is 13.2. The molecule has 0 saturated carbocycles. The van der Waals surface area contributed by atoms with Crippen LogP contribution in [0.25, 0.3) is 0 Å². The molecule has 0 saturated heterocycles. The predicted molar refractivity (Wildman–Crippen MR) is 94.9 cm³/mol. The van der Waals surface area contributed by atoms with E-state index in [9.17, 15) is 0 Å². The highest BCUT2D eigenvalue weighted by Crippen LogP contribution is 2.27. The van der Waals surface area contributed by atoms with Crippen LogP contribution in [-0.2, 0) is 0 Å². The Labute approximate surface area is 138 Å².